The third-order valence-corrected chi connectivity index (χ3v) is 3.13. The summed E-state index contributed by atoms with van der Waals surface area (Å²) in [6, 6.07) is 3.62. The zero-order valence-corrected chi connectivity index (χ0v) is 11.4. The van der Waals surface area contributed by atoms with E-state index in [4.69, 9.17) is 11.6 Å². The highest BCUT2D eigenvalue weighted by Crippen LogP contribution is 2.38. The summed E-state index contributed by atoms with van der Waals surface area (Å²) in [4.78, 5) is 17.1. The fraction of sp³-hybridized carbons (Fsp3) is 0.385. The predicted octanol–water partition coefficient (Wildman–Crippen LogP) is 2.72. The van der Waals surface area contributed by atoms with Crippen molar-refractivity contribution >= 4 is 17.4 Å². The number of aryl methyl sites for hydroxylation is 1. The lowest BCUT2D eigenvalue weighted by Gasteiger charge is -2.07. The lowest BCUT2D eigenvalue weighted by molar-refractivity contribution is 0.908. The van der Waals surface area contributed by atoms with Crippen molar-refractivity contribution in [3.05, 3.63) is 40.8 Å². The first-order chi connectivity index (χ1) is 9.20. The number of nitrogens with one attached hydrogen (secondary N) is 1. The molecular weight excluding hydrogens is 262 g/mol. The van der Waals surface area contributed by atoms with Crippen LogP contribution in [0.2, 0.25) is 5.15 Å². The maximum atomic E-state index is 6.01. The van der Waals surface area contributed by atoms with Crippen molar-refractivity contribution in [1.29, 1.82) is 0 Å². The average molecular weight is 276 g/mol. The average Bonchev–Trinajstić information content (AvgIpc) is 3.20. The van der Waals surface area contributed by atoms with Crippen molar-refractivity contribution in [3.63, 3.8) is 0 Å². The number of aromatic nitrogens is 4. The number of rotatable bonds is 4. The number of hydrogen-bond acceptors (Lipinski definition) is 5. The van der Waals surface area contributed by atoms with Crippen LogP contribution in [0.4, 0.5) is 5.82 Å². The minimum atomic E-state index is 0.485. The standard InChI is InChI=1S/C13H14ClN5/c1-8-15-5-4-10(17-8)7-16-12-6-11(14)18-13(19-12)9-2-3-9/h4-6,9H,2-3,7H2,1H3,(H,16,18,19). The van der Waals surface area contributed by atoms with Crippen LogP contribution in [0.5, 0.6) is 0 Å². The van der Waals surface area contributed by atoms with Crippen molar-refractivity contribution in [2.24, 2.45) is 0 Å². The predicted molar refractivity (Wildman–Crippen MR) is 73.1 cm³/mol. The van der Waals surface area contributed by atoms with Gasteiger partial charge in [0.05, 0.1) is 12.2 Å². The molecule has 1 aliphatic rings. The van der Waals surface area contributed by atoms with Gasteiger partial charge in [0.2, 0.25) is 0 Å². The molecule has 0 radical (unpaired) electrons. The van der Waals surface area contributed by atoms with E-state index in [2.05, 4.69) is 25.3 Å². The Bertz CT molecular complexity index is 597. The maximum Gasteiger partial charge on any atom is 0.135 e. The van der Waals surface area contributed by atoms with Gasteiger partial charge in [0.25, 0.3) is 0 Å². The van der Waals surface area contributed by atoms with Crippen LogP contribution in [0.25, 0.3) is 0 Å². The van der Waals surface area contributed by atoms with Crippen LogP contribution in [0.15, 0.2) is 18.3 Å². The van der Waals surface area contributed by atoms with Crippen LogP contribution in [0.3, 0.4) is 0 Å². The lowest BCUT2D eigenvalue weighted by Crippen LogP contribution is -2.06. The van der Waals surface area contributed by atoms with Crippen LogP contribution < -0.4 is 5.32 Å². The highest BCUT2D eigenvalue weighted by atomic mass is 35.5. The smallest absolute Gasteiger partial charge is 0.135 e. The van der Waals surface area contributed by atoms with Crippen molar-refractivity contribution in [3.8, 4) is 0 Å². The Kier molecular flexibility index (Phi) is 3.29. The van der Waals surface area contributed by atoms with E-state index >= 15 is 0 Å². The van der Waals surface area contributed by atoms with Gasteiger partial charge < -0.3 is 5.32 Å². The number of hydrogen-bond donors (Lipinski definition) is 1. The molecule has 0 bridgehead atoms. The molecule has 0 aliphatic heterocycles. The van der Waals surface area contributed by atoms with E-state index in [1.807, 2.05) is 13.0 Å². The Labute approximate surface area is 116 Å². The normalized spacial score (nSPS) is 14.4. The first-order valence-electron chi connectivity index (χ1n) is 6.27. The zero-order valence-electron chi connectivity index (χ0n) is 10.6. The number of nitrogens with zero attached hydrogens (tertiary/aromatic N) is 4. The zero-order chi connectivity index (χ0) is 13.2. The summed E-state index contributed by atoms with van der Waals surface area (Å²) in [6.45, 7) is 2.47. The second kappa shape index (κ2) is 5.09. The summed E-state index contributed by atoms with van der Waals surface area (Å²) < 4.78 is 0. The molecule has 0 spiro atoms. The van der Waals surface area contributed by atoms with Crippen molar-refractivity contribution in [1.82, 2.24) is 19.9 Å². The Morgan fingerprint density at radius 1 is 1.32 bits per heavy atom. The molecule has 1 aliphatic carbocycles. The molecule has 2 aromatic rings. The van der Waals surface area contributed by atoms with Crippen LogP contribution in [0, 0.1) is 6.92 Å². The van der Waals surface area contributed by atoms with Crippen LogP contribution in [-0.2, 0) is 6.54 Å². The fourth-order valence-corrected chi connectivity index (χ4v) is 2.02. The summed E-state index contributed by atoms with van der Waals surface area (Å²) in [5.41, 5.74) is 0.926. The van der Waals surface area contributed by atoms with Crippen LogP contribution >= 0.6 is 11.6 Å². The number of anilines is 1. The molecule has 0 unspecified atom stereocenters. The number of halogens is 1. The lowest BCUT2D eigenvalue weighted by atomic mass is 10.3. The highest BCUT2D eigenvalue weighted by Gasteiger charge is 2.27. The first-order valence-corrected chi connectivity index (χ1v) is 6.65. The molecule has 3 rings (SSSR count). The minimum Gasteiger partial charge on any atom is -0.364 e. The van der Waals surface area contributed by atoms with E-state index in [1.165, 1.54) is 0 Å². The Morgan fingerprint density at radius 2 is 2.16 bits per heavy atom. The molecule has 2 heterocycles. The van der Waals surface area contributed by atoms with Crippen molar-refractivity contribution in [2.75, 3.05) is 5.32 Å². The van der Waals surface area contributed by atoms with Gasteiger partial charge >= 0.3 is 0 Å². The maximum absolute atomic E-state index is 6.01. The molecule has 0 saturated heterocycles. The summed E-state index contributed by atoms with van der Waals surface area (Å²) in [5.74, 6) is 2.84. The highest BCUT2D eigenvalue weighted by molar-refractivity contribution is 6.29. The van der Waals surface area contributed by atoms with Gasteiger partial charge in [-0.15, -0.1) is 0 Å². The van der Waals surface area contributed by atoms with Crippen LogP contribution in [0.1, 0.15) is 36.1 Å². The molecule has 6 heteroatoms. The molecule has 0 atom stereocenters. The molecule has 2 aromatic heterocycles. The second-order valence-corrected chi connectivity index (χ2v) is 5.04. The van der Waals surface area contributed by atoms with Crippen molar-refractivity contribution < 1.29 is 0 Å². The molecule has 1 saturated carbocycles. The largest absolute Gasteiger partial charge is 0.364 e. The van der Waals surface area contributed by atoms with E-state index in [0.29, 0.717) is 17.6 Å². The van der Waals surface area contributed by atoms with E-state index in [9.17, 15) is 0 Å². The van der Waals surface area contributed by atoms with Gasteiger partial charge in [-0.25, -0.2) is 19.9 Å². The second-order valence-electron chi connectivity index (χ2n) is 4.66. The van der Waals surface area contributed by atoms with Gasteiger partial charge in [0, 0.05) is 18.2 Å². The molecular formula is C13H14ClN5. The summed E-state index contributed by atoms with van der Waals surface area (Å²) in [7, 11) is 0. The van der Waals surface area contributed by atoms with Gasteiger partial charge in [-0.2, -0.15) is 0 Å². The monoisotopic (exact) mass is 275 g/mol. The van der Waals surface area contributed by atoms with E-state index < -0.39 is 0 Å². The third kappa shape index (κ3) is 3.17. The Hall–Kier alpha value is -1.75. The molecule has 19 heavy (non-hydrogen) atoms. The molecule has 5 nitrogen and oxygen atoms in total. The molecule has 0 amide bonds. The van der Waals surface area contributed by atoms with Crippen molar-refractivity contribution in [2.45, 2.75) is 32.2 Å². The Balaban J connectivity index is 1.72. The summed E-state index contributed by atoms with van der Waals surface area (Å²) >= 11 is 6.01. The van der Waals surface area contributed by atoms with E-state index in [0.717, 1.165) is 36.0 Å². The topological polar surface area (TPSA) is 63.6 Å². The van der Waals surface area contributed by atoms with Gasteiger partial charge in [-0.1, -0.05) is 11.6 Å². The quantitative estimate of drug-likeness (QED) is 0.869. The Morgan fingerprint density at radius 3 is 2.89 bits per heavy atom. The summed E-state index contributed by atoms with van der Waals surface area (Å²) in [5, 5.41) is 3.71. The first kappa shape index (κ1) is 12.3. The third-order valence-electron chi connectivity index (χ3n) is 2.94. The molecule has 98 valence electrons. The van der Waals surface area contributed by atoms with Gasteiger partial charge in [-0.05, 0) is 25.8 Å². The van der Waals surface area contributed by atoms with E-state index in [1.54, 1.807) is 12.3 Å². The van der Waals surface area contributed by atoms with Gasteiger partial charge in [-0.3, -0.25) is 0 Å². The van der Waals surface area contributed by atoms with Crippen LogP contribution in [-0.4, -0.2) is 19.9 Å². The van der Waals surface area contributed by atoms with Gasteiger partial charge in [0.1, 0.15) is 22.6 Å². The molecule has 1 N–H and O–H groups in total. The minimum absolute atomic E-state index is 0.485. The van der Waals surface area contributed by atoms with Gasteiger partial charge in [0.15, 0.2) is 0 Å². The molecule has 0 aromatic carbocycles. The fourth-order valence-electron chi connectivity index (χ4n) is 1.83. The van der Waals surface area contributed by atoms with E-state index in [-0.39, 0.29) is 0 Å². The summed E-state index contributed by atoms with van der Waals surface area (Å²) in [6.07, 6.45) is 4.07. The molecule has 1 fully saturated rings. The SMILES string of the molecule is Cc1nccc(CNc2cc(Cl)nc(C3CC3)n2)n1.